The average Bonchev–Trinajstić information content (AvgIpc) is 2.53. The summed E-state index contributed by atoms with van der Waals surface area (Å²) in [4.78, 5) is 10.1. The number of ether oxygens (including phenoxy) is 1. The third-order valence-electron chi connectivity index (χ3n) is 3.36. The van der Waals surface area contributed by atoms with Crippen molar-refractivity contribution in [3.63, 3.8) is 0 Å². The highest BCUT2D eigenvalue weighted by Gasteiger charge is 2.20. The molecule has 2 rings (SSSR count). The summed E-state index contributed by atoms with van der Waals surface area (Å²) in [7, 11) is -3.84. The zero-order valence-corrected chi connectivity index (χ0v) is 14.2. The molecule has 2 aromatic rings. The number of sulfonamides is 1. The van der Waals surface area contributed by atoms with E-state index in [0.29, 0.717) is 11.3 Å². The van der Waals surface area contributed by atoms with Gasteiger partial charge in [-0.25, -0.2) is 13.1 Å². The average molecular weight is 350 g/mol. The zero-order valence-electron chi connectivity index (χ0n) is 13.4. The Kier molecular flexibility index (Phi) is 5.53. The monoisotopic (exact) mass is 350 g/mol. The Labute approximate surface area is 140 Å². The Morgan fingerprint density at radius 3 is 2.42 bits per heavy atom. The molecule has 0 amide bonds. The van der Waals surface area contributed by atoms with E-state index in [-0.39, 0.29) is 23.7 Å². The minimum atomic E-state index is -3.84. The highest BCUT2D eigenvalue weighted by atomic mass is 32.2. The SMILES string of the molecule is Cc1ccc(OCCNS(=O)(=O)c2cc([N+](=O)[O-])ccc2C)cc1. The van der Waals surface area contributed by atoms with Crippen LogP contribution in [0.3, 0.4) is 0 Å². The van der Waals surface area contributed by atoms with Gasteiger partial charge in [-0.15, -0.1) is 0 Å². The first-order chi connectivity index (χ1) is 11.3. The van der Waals surface area contributed by atoms with E-state index in [1.165, 1.54) is 12.1 Å². The van der Waals surface area contributed by atoms with Crippen molar-refractivity contribution < 1.29 is 18.1 Å². The molecule has 2 aromatic carbocycles. The predicted octanol–water partition coefficient (Wildman–Crippen LogP) is 2.57. The van der Waals surface area contributed by atoms with Crippen LogP contribution in [0.1, 0.15) is 11.1 Å². The third-order valence-corrected chi connectivity index (χ3v) is 4.96. The zero-order chi connectivity index (χ0) is 17.7. The molecule has 0 saturated carbocycles. The molecular formula is C16H18N2O5S. The number of nitro groups is 1. The first-order valence-corrected chi connectivity index (χ1v) is 8.72. The van der Waals surface area contributed by atoms with Gasteiger partial charge in [-0.2, -0.15) is 0 Å². The molecule has 0 aliphatic heterocycles. The second-order valence-electron chi connectivity index (χ2n) is 5.27. The van der Waals surface area contributed by atoms with Crippen LogP contribution in [-0.2, 0) is 10.0 Å². The summed E-state index contributed by atoms with van der Waals surface area (Å²) in [5.74, 6) is 0.645. The summed E-state index contributed by atoms with van der Waals surface area (Å²) in [6.45, 7) is 3.75. The lowest BCUT2D eigenvalue weighted by atomic mass is 10.2. The molecule has 128 valence electrons. The first kappa shape index (κ1) is 17.9. The van der Waals surface area contributed by atoms with Crippen LogP contribution >= 0.6 is 0 Å². The number of non-ortho nitro benzene ring substituents is 1. The lowest BCUT2D eigenvalue weighted by Crippen LogP contribution is -2.28. The fourth-order valence-corrected chi connectivity index (χ4v) is 3.32. The van der Waals surface area contributed by atoms with Crippen LogP contribution in [0.15, 0.2) is 47.4 Å². The molecule has 0 aliphatic rings. The van der Waals surface area contributed by atoms with Crippen LogP contribution in [0.4, 0.5) is 5.69 Å². The summed E-state index contributed by atoms with van der Waals surface area (Å²) in [6, 6.07) is 11.1. The van der Waals surface area contributed by atoms with Crippen molar-refractivity contribution in [1.82, 2.24) is 4.72 Å². The Hall–Kier alpha value is -2.45. The Bertz CT molecular complexity index is 832. The van der Waals surface area contributed by atoms with Gasteiger partial charge in [-0.1, -0.05) is 23.8 Å². The van der Waals surface area contributed by atoms with E-state index in [1.54, 1.807) is 19.1 Å². The number of rotatable bonds is 7. The van der Waals surface area contributed by atoms with Gasteiger partial charge in [-0.3, -0.25) is 10.1 Å². The summed E-state index contributed by atoms with van der Waals surface area (Å²) in [5, 5.41) is 10.8. The van der Waals surface area contributed by atoms with Crippen LogP contribution in [-0.4, -0.2) is 26.5 Å². The second kappa shape index (κ2) is 7.41. The molecule has 0 aliphatic carbocycles. The van der Waals surface area contributed by atoms with E-state index in [1.807, 2.05) is 19.1 Å². The van der Waals surface area contributed by atoms with E-state index in [9.17, 15) is 18.5 Å². The molecule has 0 fully saturated rings. The topological polar surface area (TPSA) is 98.5 Å². The largest absolute Gasteiger partial charge is 0.492 e. The molecule has 0 radical (unpaired) electrons. The predicted molar refractivity (Wildman–Crippen MR) is 89.7 cm³/mol. The molecule has 0 atom stereocenters. The van der Waals surface area contributed by atoms with Gasteiger partial charge in [0.1, 0.15) is 12.4 Å². The van der Waals surface area contributed by atoms with Gasteiger partial charge in [-0.05, 0) is 31.5 Å². The highest BCUT2D eigenvalue weighted by molar-refractivity contribution is 7.89. The molecule has 0 unspecified atom stereocenters. The molecule has 7 nitrogen and oxygen atoms in total. The van der Waals surface area contributed by atoms with E-state index in [2.05, 4.69) is 4.72 Å². The van der Waals surface area contributed by atoms with E-state index >= 15 is 0 Å². The number of nitrogens with one attached hydrogen (secondary N) is 1. The van der Waals surface area contributed by atoms with Crippen molar-refractivity contribution in [1.29, 1.82) is 0 Å². The van der Waals surface area contributed by atoms with Crippen molar-refractivity contribution in [2.45, 2.75) is 18.7 Å². The second-order valence-corrected chi connectivity index (χ2v) is 7.00. The minimum Gasteiger partial charge on any atom is -0.492 e. The molecule has 0 aromatic heterocycles. The number of hydrogen-bond donors (Lipinski definition) is 1. The van der Waals surface area contributed by atoms with Crippen LogP contribution in [0, 0.1) is 24.0 Å². The standard InChI is InChI=1S/C16H18N2O5S/c1-12-3-7-15(8-4-12)23-10-9-17-24(21,22)16-11-14(18(19)20)6-5-13(16)2/h3-8,11,17H,9-10H2,1-2H3. The summed E-state index contributed by atoms with van der Waals surface area (Å²) >= 11 is 0. The van der Waals surface area contributed by atoms with Crippen molar-refractivity contribution in [3.05, 3.63) is 63.7 Å². The van der Waals surface area contributed by atoms with Crippen molar-refractivity contribution in [2.75, 3.05) is 13.2 Å². The molecule has 0 saturated heterocycles. The smallest absolute Gasteiger partial charge is 0.270 e. The maximum Gasteiger partial charge on any atom is 0.270 e. The number of benzene rings is 2. The lowest BCUT2D eigenvalue weighted by molar-refractivity contribution is -0.385. The van der Waals surface area contributed by atoms with E-state index in [0.717, 1.165) is 11.6 Å². The molecule has 24 heavy (non-hydrogen) atoms. The van der Waals surface area contributed by atoms with Crippen LogP contribution in [0.5, 0.6) is 5.75 Å². The summed E-state index contributed by atoms with van der Waals surface area (Å²) in [6.07, 6.45) is 0. The maximum absolute atomic E-state index is 12.3. The van der Waals surface area contributed by atoms with Gasteiger partial charge in [0.25, 0.3) is 5.69 Å². The molecule has 1 N–H and O–H groups in total. The minimum absolute atomic E-state index is 0.0539. The molecule has 0 bridgehead atoms. The lowest BCUT2D eigenvalue weighted by Gasteiger charge is -2.10. The Morgan fingerprint density at radius 1 is 1.12 bits per heavy atom. The third kappa shape index (κ3) is 4.53. The summed E-state index contributed by atoms with van der Waals surface area (Å²) < 4.78 is 32.4. The van der Waals surface area contributed by atoms with Crippen LogP contribution in [0.25, 0.3) is 0 Å². The molecule has 0 spiro atoms. The van der Waals surface area contributed by atoms with Gasteiger partial charge >= 0.3 is 0 Å². The molecule has 0 heterocycles. The number of nitro benzene ring substituents is 1. The molecule has 8 heteroatoms. The van der Waals surface area contributed by atoms with Crippen molar-refractivity contribution in [3.8, 4) is 5.75 Å². The highest BCUT2D eigenvalue weighted by Crippen LogP contribution is 2.21. The fourth-order valence-electron chi connectivity index (χ4n) is 2.05. The normalized spacial score (nSPS) is 11.2. The number of aryl methyl sites for hydroxylation is 2. The number of nitrogens with zero attached hydrogens (tertiary/aromatic N) is 1. The summed E-state index contributed by atoms with van der Waals surface area (Å²) in [5.41, 5.74) is 1.27. The van der Waals surface area contributed by atoms with E-state index < -0.39 is 14.9 Å². The van der Waals surface area contributed by atoms with Gasteiger partial charge < -0.3 is 4.74 Å². The number of hydrogen-bond acceptors (Lipinski definition) is 5. The van der Waals surface area contributed by atoms with Gasteiger partial charge in [0.2, 0.25) is 10.0 Å². The quantitative estimate of drug-likeness (QED) is 0.470. The Balaban J connectivity index is 2.00. The van der Waals surface area contributed by atoms with Crippen LogP contribution in [0.2, 0.25) is 0 Å². The first-order valence-electron chi connectivity index (χ1n) is 7.24. The maximum atomic E-state index is 12.3. The fraction of sp³-hybridized carbons (Fsp3) is 0.250. The van der Waals surface area contributed by atoms with Gasteiger partial charge in [0, 0.05) is 18.7 Å². The molecular weight excluding hydrogens is 332 g/mol. The van der Waals surface area contributed by atoms with E-state index in [4.69, 9.17) is 4.74 Å². The van der Waals surface area contributed by atoms with Gasteiger partial charge in [0.05, 0.1) is 9.82 Å². The Morgan fingerprint density at radius 2 is 1.79 bits per heavy atom. The van der Waals surface area contributed by atoms with Gasteiger partial charge in [0.15, 0.2) is 0 Å². The van der Waals surface area contributed by atoms with Crippen LogP contribution < -0.4 is 9.46 Å². The van der Waals surface area contributed by atoms with Crippen molar-refractivity contribution in [2.24, 2.45) is 0 Å². The van der Waals surface area contributed by atoms with Crippen molar-refractivity contribution >= 4 is 15.7 Å².